The fourth-order valence-corrected chi connectivity index (χ4v) is 5.02. The normalized spacial score (nSPS) is 24.0. The summed E-state index contributed by atoms with van der Waals surface area (Å²) < 4.78 is 38.3. The van der Waals surface area contributed by atoms with Gasteiger partial charge in [-0.3, -0.25) is 4.79 Å². The van der Waals surface area contributed by atoms with E-state index in [1.54, 1.807) is 18.2 Å². The molecule has 1 aliphatic carbocycles. The molecular formula is C22H21ClF3N7O. The van der Waals surface area contributed by atoms with Crippen molar-refractivity contribution >= 4 is 23.3 Å². The minimum atomic E-state index is -4.55. The molecule has 8 nitrogen and oxygen atoms in total. The third kappa shape index (κ3) is 4.08. The molecule has 3 aliphatic rings. The smallest absolute Gasteiger partial charge is 0.367 e. The number of hydrogen-bond donors (Lipinski definition) is 1. The Bertz CT molecular complexity index is 1180. The quantitative estimate of drug-likeness (QED) is 0.578. The molecule has 0 spiro atoms. The Labute approximate surface area is 198 Å². The van der Waals surface area contributed by atoms with E-state index in [4.69, 9.17) is 11.6 Å². The van der Waals surface area contributed by atoms with Crippen molar-refractivity contribution < 1.29 is 18.0 Å². The second-order valence-electron chi connectivity index (χ2n) is 8.69. The van der Waals surface area contributed by atoms with Gasteiger partial charge in [0.05, 0.1) is 29.7 Å². The van der Waals surface area contributed by atoms with Gasteiger partial charge in [-0.2, -0.15) is 28.2 Å². The van der Waals surface area contributed by atoms with Crippen molar-refractivity contribution in [3.05, 3.63) is 59.0 Å². The van der Waals surface area contributed by atoms with Crippen LogP contribution < -0.4 is 5.32 Å². The van der Waals surface area contributed by atoms with Gasteiger partial charge in [-0.05, 0) is 55.0 Å². The lowest BCUT2D eigenvalue weighted by molar-refractivity contribution is -0.141. The van der Waals surface area contributed by atoms with Crippen molar-refractivity contribution in [1.29, 1.82) is 0 Å². The van der Waals surface area contributed by atoms with Crippen LogP contribution in [0.4, 0.5) is 19.0 Å². The Balaban J connectivity index is 1.40. The van der Waals surface area contributed by atoms with Crippen LogP contribution in [-0.2, 0) is 6.18 Å². The highest BCUT2D eigenvalue weighted by Gasteiger charge is 2.50. The summed E-state index contributed by atoms with van der Waals surface area (Å²) in [7, 11) is 0. The minimum Gasteiger partial charge on any atom is -0.367 e. The van der Waals surface area contributed by atoms with Gasteiger partial charge in [0.15, 0.2) is 5.69 Å². The molecule has 2 bridgehead atoms. The zero-order valence-electron chi connectivity index (χ0n) is 18.1. The molecular weight excluding hydrogens is 471 g/mol. The number of rotatable bonds is 5. The van der Waals surface area contributed by atoms with E-state index in [0.717, 1.165) is 18.9 Å². The van der Waals surface area contributed by atoms with Crippen molar-refractivity contribution in [2.45, 2.75) is 38.0 Å². The van der Waals surface area contributed by atoms with Crippen LogP contribution in [-0.4, -0.2) is 54.6 Å². The minimum absolute atomic E-state index is 0.0802. The van der Waals surface area contributed by atoms with Gasteiger partial charge < -0.3 is 10.2 Å². The highest BCUT2D eigenvalue weighted by molar-refractivity contribution is 6.31. The monoisotopic (exact) mass is 491 g/mol. The molecule has 178 valence electrons. The Morgan fingerprint density at radius 3 is 2.53 bits per heavy atom. The van der Waals surface area contributed by atoms with Crippen molar-refractivity contribution in [2.24, 2.45) is 11.8 Å². The van der Waals surface area contributed by atoms with Crippen molar-refractivity contribution in [3.8, 4) is 5.69 Å². The summed E-state index contributed by atoms with van der Waals surface area (Å²) in [5.74, 6) is 0.714. The first kappa shape index (κ1) is 22.6. The van der Waals surface area contributed by atoms with E-state index in [1.165, 1.54) is 23.3 Å². The zero-order chi connectivity index (χ0) is 24.0. The van der Waals surface area contributed by atoms with Crippen LogP contribution in [0.2, 0.25) is 5.02 Å². The molecule has 2 aliphatic heterocycles. The van der Waals surface area contributed by atoms with Gasteiger partial charge in [-0.1, -0.05) is 18.5 Å². The van der Waals surface area contributed by atoms with Crippen LogP contribution in [0, 0.1) is 11.8 Å². The van der Waals surface area contributed by atoms with Crippen LogP contribution in [0.5, 0.6) is 0 Å². The van der Waals surface area contributed by atoms with Crippen LogP contribution in [0.1, 0.15) is 35.8 Å². The molecule has 4 heterocycles. The molecule has 1 aromatic carbocycles. The van der Waals surface area contributed by atoms with Gasteiger partial charge in [-0.15, -0.1) is 10.2 Å². The lowest BCUT2D eigenvalue weighted by Gasteiger charge is -2.57. The molecule has 12 heteroatoms. The van der Waals surface area contributed by atoms with Gasteiger partial charge in [0.2, 0.25) is 0 Å². The van der Waals surface area contributed by atoms with Crippen LogP contribution >= 0.6 is 11.6 Å². The lowest BCUT2D eigenvalue weighted by atomic mass is 9.64. The number of aromatic nitrogens is 5. The average molecular weight is 492 g/mol. The summed E-state index contributed by atoms with van der Waals surface area (Å²) in [6, 6.07) is 7.02. The Hall–Kier alpha value is -3.21. The maximum Gasteiger partial charge on any atom is 0.435 e. The second-order valence-corrected chi connectivity index (χ2v) is 9.12. The molecule has 3 aromatic rings. The summed E-state index contributed by atoms with van der Waals surface area (Å²) in [6.07, 6.45) is 0.338. The van der Waals surface area contributed by atoms with E-state index in [1.807, 2.05) is 4.90 Å². The largest absolute Gasteiger partial charge is 0.435 e. The van der Waals surface area contributed by atoms with Gasteiger partial charge in [0, 0.05) is 17.6 Å². The number of piperidine rings is 2. The summed E-state index contributed by atoms with van der Waals surface area (Å²) in [5, 5.41) is 18.7. The fraction of sp³-hybridized carbons (Fsp3) is 0.409. The van der Waals surface area contributed by atoms with E-state index >= 15 is 0 Å². The highest BCUT2D eigenvalue weighted by Crippen LogP contribution is 2.47. The number of anilines is 1. The van der Waals surface area contributed by atoms with Gasteiger partial charge in [0.1, 0.15) is 5.82 Å². The third-order valence-corrected chi connectivity index (χ3v) is 6.99. The van der Waals surface area contributed by atoms with Gasteiger partial charge in [0.25, 0.3) is 5.91 Å². The maximum atomic E-state index is 13.8. The summed E-state index contributed by atoms with van der Waals surface area (Å²) in [4.78, 5) is 17.1. The molecule has 0 radical (unpaired) electrons. The zero-order valence-corrected chi connectivity index (χ0v) is 18.8. The summed E-state index contributed by atoms with van der Waals surface area (Å²) >= 11 is 6.23. The topological polar surface area (TPSA) is 88.8 Å². The first-order valence-electron chi connectivity index (χ1n) is 10.9. The Morgan fingerprint density at radius 1 is 1.15 bits per heavy atom. The summed E-state index contributed by atoms with van der Waals surface area (Å²) in [6.45, 7) is 2.43. The molecule has 2 saturated heterocycles. The number of carbonyl (C=O) groups is 1. The SMILES string of the molecule is CC1C2CC(C2)N(C(=O)c2cc(Cl)ccc2-n2nccn2)C1CNc1ccc(C(F)(F)F)nn1. The van der Waals surface area contributed by atoms with Gasteiger partial charge in [-0.25, -0.2) is 0 Å². The number of alkyl halides is 3. The number of fused-ring (bicyclic) bond motifs is 2. The molecule has 34 heavy (non-hydrogen) atoms. The Morgan fingerprint density at radius 2 is 1.88 bits per heavy atom. The van der Waals surface area contributed by atoms with Gasteiger partial charge >= 0.3 is 6.18 Å². The van der Waals surface area contributed by atoms with Crippen molar-refractivity contribution in [1.82, 2.24) is 30.1 Å². The maximum absolute atomic E-state index is 13.8. The molecule has 3 fully saturated rings. The van der Waals surface area contributed by atoms with Crippen molar-refractivity contribution in [3.63, 3.8) is 0 Å². The second kappa shape index (κ2) is 8.53. The van der Waals surface area contributed by atoms with Crippen LogP contribution in [0.3, 0.4) is 0 Å². The van der Waals surface area contributed by atoms with E-state index < -0.39 is 11.9 Å². The first-order chi connectivity index (χ1) is 16.2. The predicted molar refractivity (Wildman–Crippen MR) is 118 cm³/mol. The molecule has 1 amide bonds. The number of amides is 1. The van der Waals surface area contributed by atoms with Crippen LogP contribution in [0.15, 0.2) is 42.7 Å². The van der Waals surface area contributed by atoms with Crippen molar-refractivity contribution in [2.75, 3.05) is 11.9 Å². The standard InChI is InChI=1S/C22H21ClF3N7O/c1-12-13-8-15(9-13)32(18(12)11-27-20-5-4-19(30-31-20)22(24,25)26)21(34)16-10-14(23)2-3-17(16)33-28-6-7-29-33/h2-7,10,12-13,15,18H,8-9,11H2,1H3,(H,27,31). The number of nitrogens with zero attached hydrogens (tertiary/aromatic N) is 6. The molecule has 6 rings (SSSR count). The molecule has 1 N–H and O–H groups in total. The lowest BCUT2D eigenvalue weighted by Crippen LogP contribution is -2.64. The van der Waals surface area contributed by atoms with E-state index in [9.17, 15) is 18.0 Å². The number of nitrogens with one attached hydrogen (secondary N) is 1. The molecule has 2 unspecified atom stereocenters. The fourth-order valence-electron chi connectivity index (χ4n) is 4.85. The van der Waals surface area contributed by atoms with E-state index in [0.29, 0.717) is 28.7 Å². The molecule has 2 aromatic heterocycles. The Kier molecular flexibility index (Phi) is 5.67. The average Bonchev–Trinajstić information content (AvgIpc) is 3.31. The molecule has 1 saturated carbocycles. The third-order valence-electron chi connectivity index (χ3n) is 6.76. The number of hydrogen-bond acceptors (Lipinski definition) is 6. The highest BCUT2D eigenvalue weighted by atomic mass is 35.5. The number of carbonyl (C=O) groups excluding carboxylic acids is 1. The molecule has 2 atom stereocenters. The number of halogens is 4. The van der Waals surface area contributed by atoms with Crippen LogP contribution in [0.25, 0.3) is 5.69 Å². The first-order valence-corrected chi connectivity index (χ1v) is 11.2. The predicted octanol–water partition coefficient (Wildman–Crippen LogP) is 4.08. The number of benzene rings is 1. The van der Waals surface area contributed by atoms with E-state index in [2.05, 4.69) is 32.6 Å². The van der Waals surface area contributed by atoms with E-state index in [-0.39, 0.29) is 29.7 Å². The summed E-state index contributed by atoms with van der Waals surface area (Å²) in [5.41, 5.74) is -0.141.